The van der Waals surface area contributed by atoms with E-state index in [1.165, 1.54) is 12.1 Å². The van der Waals surface area contributed by atoms with E-state index in [4.69, 9.17) is 14.6 Å². The lowest BCUT2D eigenvalue weighted by molar-refractivity contribution is -0.145. The molecule has 0 fully saturated rings. The summed E-state index contributed by atoms with van der Waals surface area (Å²) in [5.74, 6) is 0.206. The molecule has 4 aromatic rings. The van der Waals surface area contributed by atoms with E-state index >= 15 is 0 Å². The number of nitrogens with zero attached hydrogens (tertiary/aromatic N) is 2. The highest BCUT2D eigenvalue weighted by Gasteiger charge is 2.30. The topological polar surface area (TPSA) is 53.4 Å². The van der Waals surface area contributed by atoms with E-state index in [1.54, 1.807) is 23.4 Å². The molecule has 0 N–H and O–H groups in total. The molecule has 0 aliphatic carbocycles. The Morgan fingerprint density at radius 1 is 1.05 bits per heavy atom. The van der Waals surface area contributed by atoms with Crippen molar-refractivity contribution in [2.45, 2.75) is 43.5 Å². The minimum absolute atomic E-state index is 0.143. The summed E-state index contributed by atoms with van der Waals surface area (Å²) < 4.78 is 50.6. The number of rotatable bonds is 8. The van der Waals surface area contributed by atoms with Gasteiger partial charge in [0, 0.05) is 21.2 Å². The minimum Gasteiger partial charge on any atom is -0.482 e. The van der Waals surface area contributed by atoms with Crippen molar-refractivity contribution in [2.24, 2.45) is 0 Å². The van der Waals surface area contributed by atoms with Crippen LogP contribution < -0.4 is 4.74 Å². The first-order valence-corrected chi connectivity index (χ1v) is 12.5. The number of esters is 1. The van der Waals surface area contributed by atoms with Crippen LogP contribution in [0.2, 0.25) is 0 Å². The zero-order valence-corrected chi connectivity index (χ0v) is 21.7. The molecule has 9 heteroatoms. The van der Waals surface area contributed by atoms with Gasteiger partial charge < -0.3 is 9.47 Å². The predicted molar refractivity (Wildman–Crippen MR) is 138 cm³/mol. The highest BCUT2D eigenvalue weighted by molar-refractivity contribution is 8.00. The quantitative estimate of drug-likeness (QED) is 0.177. The fourth-order valence-corrected chi connectivity index (χ4v) is 5.24. The highest BCUT2D eigenvalue weighted by Crippen LogP contribution is 2.44. The van der Waals surface area contributed by atoms with Crippen molar-refractivity contribution in [1.29, 1.82) is 0 Å². The third-order valence-electron chi connectivity index (χ3n) is 5.81. The molecule has 194 valence electrons. The number of hydrogen-bond acceptors (Lipinski definition) is 5. The number of aryl methyl sites for hydroxylation is 1. The third-order valence-corrected chi connectivity index (χ3v) is 7.03. The molecule has 1 aromatic heterocycles. The van der Waals surface area contributed by atoms with Gasteiger partial charge in [-0.2, -0.15) is 18.3 Å². The molecule has 0 aliphatic rings. The van der Waals surface area contributed by atoms with Crippen LogP contribution in [-0.2, 0) is 20.5 Å². The Morgan fingerprint density at radius 2 is 1.78 bits per heavy atom. The summed E-state index contributed by atoms with van der Waals surface area (Å²) in [6.45, 7) is 8.03. The number of aromatic nitrogens is 2. The molecular formula is C28H27F3N2O3S. The first-order chi connectivity index (χ1) is 17.5. The molecule has 0 aliphatic heterocycles. The van der Waals surface area contributed by atoms with Crippen molar-refractivity contribution in [3.63, 3.8) is 0 Å². The zero-order chi connectivity index (χ0) is 26.8. The molecule has 0 saturated carbocycles. The lowest BCUT2D eigenvalue weighted by Crippen LogP contribution is -2.15. The number of alkyl halides is 3. The number of carbonyl (C=O) groups is 1. The van der Waals surface area contributed by atoms with E-state index in [-0.39, 0.29) is 11.4 Å². The normalized spacial score (nSPS) is 12.1. The van der Waals surface area contributed by atoms with Crippen molar-refractivity contribution >= 4 is 28.6 Å². The standard InChI is InChI=1S/C28H27F3N2O3S/c1-5-35-25(34)17-36-24-14-13-22(15-18(24)2)37-27(3,4)23-8-6-7-19-16-33(32-26(19)23)21-11-9-20(10-12-21)28(29,30)31/h6-16H,5,17H2,1-4H3. The summed E-state index contributed by atoms with van der Waals surface area (Å²) in [4.78, 5) is 12.6. The van der Waals surface area contributed by atoms with Gasteiger partial charge in [0.2, 0.25) is 0 Å². The van der Waals surface area contributed by atoms with Crippen molar-refractivity contribution in [1.82, 2.24) is 9.78 Å². The molecular weight excluding hydrogens is 501 g/mol. The molecule has 5 nitrogen and oxygen atoms in total. The number of fused-ring (bicyclic) bond motifs is 1. The maximum atomic E-state index is 12.9. The van der Waals surface area contributed by atoms with Crippen LogP contribution >= 0.6 is 11.8 Å². The van der Waals surface area contributed by atoms with E-state index in [9.17, 15) is 18.0 Å². The Bertz CT molecular complexity index is 1410. The molecule has 0 spiro atoms. The summed E-state index contributed by atoms with van der Waals surface area (Å²) in [7, 11) is 0. The minimum atomic E-state index is -4.38. The number of hydrogen-bond donors (Lipinski definition) is 0. The van der Waals surface area contributed by atoms with Crippen molar-refractivity contribution in [2.75, 3.05) is 13.2 Å². The average molecular weight is 529 g/mol. The van der Waals surface area contributed by atoms with Gasteiger partial charge in [0.15, 0.2) is 6.61 Å². The van der Waals surface area contributed by atoms with Gasteiger partial charge in [0.05, 0.1) is 23.4 Å². The number of benzene rings is 3. The molecule has 0 amide bonds. The molecule has 0 atom stereocenters. The van der Waals surface area contributed by atoms with Crippen molar-refractivity contribution < 1.29 is 27.4 Å². The first kappa shape index (κ1) is 26.6. The number of carbonyl (C=O) groups excluding carboxylic acids is 1. The van der Waals surface area contributed by atoms with Gasteiger partial charge in [-0.1, -0.05) is 18.2 Å². The van der Waals surface area contributed by atoms with Crippen LogP contribution in [0.3, 0.4) is 0 Å². The van der Waals surface area contributed by atoms with Gasteiger partial charge in [-0.15, -0.1) is 11.8 Å². The molecule has 1 heterocycles. The number of halogens is 3. The molecule has 4 rings (SSSR count). The number of ether oxygens (including phenoxy) is 2. The lowest BCUT2D eigenvalue weighted by Gasteiger charge is -2.25. The Labute approximate surface area is 217 Å². The van der Waals surface area contributed by atoms with Gasteiger partial charge in [-0.05, 0) is 81.3 Å². The summed E-state index contributed by atoms with van der Waals surface area (Å²) in [6, 6.07) is 16.7. The third kappa shape index (κ3) is 6.10. The SMILES string of the molecule is CCOC(=O)COc1ccc(SC(C)(C)c2cccc3cn(-c4ccc(C(F)(F)F)cc4)nc23)cc1C. The smallest absolute Gasteiger partial charge is 0.416 e. The van der Waals surface area contributed by atoms with Gasteiger partial charge in [-0.25, -0.2) is 9.48 Å². The maximum Gasteiger partial charge on any atom is 0.416 e. The monoisotopic (exact) mass is 528 g/mol. The van der Waals surface area contributed by atoms with Crippen LogP contribution in [0.25, 0.3) is 16.6 Å². The summed E-state index contributed by atoms with van der Waals surface area (Å²) in [5, 5.41) is 5.62. The van der Waals surface area contributed by atoms with Crippen LogP contribution in [-0.4, -0.2) is 29.0 Å². The molecule has 0 bridgehead atoms. The molecule has 37 heavy (non-hydrogen) atoms. The van der Waals surface area contributed by atoms with E-state index in [2.05, 4.69) is 13.8 Å². The molecule has 3 aromatic carbocycles. The van der Waals surface area contributed by atoms with Crippen molar-refractivity contribution in [3.05, 3.63) is 83.6 Å². The summed E-state index contributed by atoms with van der Waals surface area (Å²) in [6.07, 6.45) is -2.56. The second-order valence-corrected chi connectivity index (χ2v) is 10.7. The van der Waals surface area contributed by atoms with Crippen LogP contribution in [0.15, 0.2) is 71.8 Å². The summed E-state index contributed by atoms with van der Waals surface area (Å²) in [5.41, 5.74) is 2.54. The van der Waals surface area contributed by atoms with Gasteiger partial charge in [-0.3, -0.25) is 0 Å². The Balaban J connectivity index is 1.57. The predicted octanol–water partition coefficient (Wildman–Crippen LogP) is 7.32. The Kier molecular flexibility index (Phi) is 7.54. The fourth-order valence-electron chi connectivity index (χ4n) is 4.00. The Hall–Kier alpha value is -3.46. The largest absolute Gasteiger partial charge is 0.482 e. The van der Waals surface area contributed by atoms with Gasteiger partial charge >= 0.3 is 12.1 Å². The second-order valence-electron chi connectivity index (χ2n) is 9.00. The second kappa shape index (κ2) is 10.5. The van der Waals surface area contributed by atoms with E-state index < -0.39 is 17.7 Å². The van der Waals surface area contributed by atoms with Crippen LogP contribution in [0, 0.1) is 6.92 Å². The van der Waals surface area contributed by atoms with E-state index in [0.29, 0.717) is 18.0 Å². The van der Waals surface area contributed by atoms with E-state index in [0.717, 1.165) is 39.1 Å². The van der Waals surface area contributed by atoms with Crippen LogP contribution in [0.5, 0.6) is 5.75 Å². The van der Waals surface area contributed by atoms with Crippen LogP contribution in [0.4, 0.5) is 13.2 Å². The first-order valence-electron chi connectivity index (χ1n) is 11.7. The van der Waals surface area contributed by atoms with Gasteiger partial charge in [0.25, 0.3) is 0 Å². The maximum absolute atomic E-state index is 12.9. The van der Waals surface area contributed by atoms with Crippen LogP contribution in [0.1, 0.15) is 37.5 Å². The highest BCUT2D eigenvalue weighted by atomic mass is 32.2. The molecule has 0 saturated heterocycles. The fraction of sp³-hybridized carbons (Fsp3) is 0.286. The summed E-state index contributed by atoms with van der Waals surface area (Å²) >= 11 is 1.66. The van der Waals surface area contributed by atoms with E-state index in [1.807, 2.05) is 49.5 Å². The average Bonchev–Trinajstić information content (AvgIpc) is 3.27. The molecule has 0 unspecified atom stereocenters. The van der Waals surface area contributed by atoms with Gasteiger partial charge in [0.1, 0.15) is 5.75 Å². The molecule has 0 radical (unpaired) electrons. The number of thioether (sulfide) groups is 1. The zero-order valence-electron chi connectivity index (χ0n) is 20.9. The lowest BCUT2D eigenvalue weighted by atomic mass is 10.00. The Morgan fingerprint density at radius 3 is 2.43 bits per heavy atom. The van der Waals surface area contributed by atoms with Crippen molar-refractivity contribution in [3.8, 4) is 11.4 Å².